The molecule has 90 valence electrons. The molecular weight excluding hydrogens is 244 g/mol. The molecule has 2 heterocycles. The molecule has 1 aliphatic rings. The predicted molar refractivity (Wildman–Crippen MR) is 59.5 cm³/mol. The number of amides is 3. The lowest BCUT2D eigenvalue weighted by Gasteiger charge is -2.17. The molecule has 0 bridgehead atoms. The summed E-state index contributed by atoms with van der Waals surface area (Å²) >= 11 is 1.28. The van der Waals surface area contributed by atoms with E-state index in [4.69, 9.17) is 5.11 Å². The van der Waals surface area contributed by atoms with Gasteiger partial charge < -0.3 is 5.11 Å². The van der Waals surface area contributed by atoms with Crippen LogP contribution >= 0.6 is 11.3 Å². The summed E-state index contributed by atoms with van der Waals surface area (Å²) in [5.74, 6) is -1.41. The summed E-state index contributed by atoms with van der Waals surface area (Å²) < 4.78 is 0. The Morgan fingerprint density at radius 1 is 1.47 bits per heavy atom. The van der Waals surface area contributed by atoms with Crippen LogP contribution in [0.1, 0.15) is 20.8 Å². The second kappa shape index (κ2) is 3.94. The highest BCUT2D eigenvalue weighted by atomic mass is 32.1. The zero-order chi connectivity index (χ0) is 12.7. The Hall–Kier alpha value is -1.73. The maximum atomic E-state index is 11.9. The summed E-state index contributed by atoms with van der Waals surface area (Å²) in [6, 6.07) is -0.370. The van der Waals surface area contributed by atoms with Gasteiger partial charge in [-0.05, 0) is 12.5 Å². The molecule has 1 aromatic rings. The molecule has 1 aliphatic heterocycles. The maximum Gasteiger partial charge on any atom is 0.428 e. The Bertz CT molecular complexity index is 535. The van der Waals surface area contributed by atoms with Crippen LogP contribution < -0.4 is 5.32 Å². The molecule has 7 heteroatoms. The highest BCUT2D eigenvalue weighted by molar-refractivity contribution is 7.15. The summed E-state index contributed by atoms with van der Waals surface area (Å²) in [6.07, 6.45) is -0.195. The Labute approximate surface area is 101 Å². The third kappa shape index (κ3) is 1.83. The van der Waals surface area contributed by atoms with Crippen LogP contribution in [0.4, 0.5) is 9.80 Å². The van der Waals surface area contributed by atoms with Crippen molar-refractivity contribution < 1.29 is 24.8 Å². The van der Waals surface area contributed by atoms with Crippen LogP contribution in [-0.4, -0.2) is 35.0 Å². The quantitative estimate of drug-likeness (QED) is 0.783. The van der Waals surface area contributed by atoms with Crippen molar-refractivity contribution in [1.82, 2.24) is 4.90 Å². The van der Waals surface area contributed by atoms with Crippen LogP contribution in [0.2, 0.25) is 0 Å². The normalized spacial score (nSPS) is 15.1. The van der Waals surface area contributed by atoms with Gasteiger partial charge in [0.2, 0.25) is 5.00 Å². The van der Waals surface area contributed by atoms with Crippen molar-refractivity contribution in [1.29, 1.82) is 0 Å². The number of thiophene rings is 1. The number of carbonyl (C=O) groups excluding carboxylic acids is 2. The average molecular weight is 255 g/mol. The number of quaternary nitrogens is 1. The lowest BCUT2D eigenvalue weighted by Crippen LogP contribution is -2.87. The first-order valence-corrected chi connectivity index (χ1v) is 5.74. The van der Waals surface area contributed by atoms with Crippen molar-refractivity contribution in [2.45, 2.75) is 13.3 Å². The zero-order valence-corrected chi connectivity index (χ0v) is 10.1. The molecule has 0 spiro atoms. The summed E-state index contributed by atoms with van der Waals surface area (Å²) in [5, 5.41) is 10.8. The summed E-state index contributed by atoms with van der Waals surface area (Å²) in [7, 11) is 1.39. The van der Waals surface area contributed by atoms with Crippen molar-refractivity contribution in [2.75, 3.05) is 7.05 Å². The smallest absolute Gasteiger partial charge is 0.428 e. The number of primary amides is 1. The van der Waals surface area contributed by atoms with Crippen LogP contribution in [0.5, 0.6) is 0 Å². The monoisotopic (exact) mass is 255 g/mol. The highest BCUT2D eigenvalue weighted by Crippen LogP contribution is 2.32. The Kier molecular flexibility index (Phi) is 2.72. The van der Waals surface area contributed by atoms with E-state index >= 15 is 0 Å². The van der Waals surface area contributed by atoms with Crippen LogP contribution in [-0.2, 0) is 11.2 Å². The molecule has 0 aliphatic carbocycles. The maximum absolute atomic E-state index is 11.9. The van der Waals surface area contributed by atoms with Crippen molar-refractivity contribution in [3.05, 3.63) is 16.0 Å². The van der Waals surface area contributed by atoms with Crippen LogP contribution in [0.15, 0.2) is 0 Å². The molecule has 3 amide bonds. The number of aryl methyl sites for hydroxylation is 1. The van der Waals surface area contributed by atoms with Gasteiger partial charge in [-0.25, -0.2) is 15.0 Å². The minimum atomic E-state index is -0.985. The molecule has 2 rings (SSSR count). The van der Waals surface area contributed by atoms with Gasteiger partial charge in [-0.3, -0.25) is 9.59 Å². The van der Waals surface area contributed by atoms with E-state index in [2.05, 4.69) is 0 Å². The Morgan fingerprint density at radius 3 is 2.71 bits per heavy atom. The molecule has 0 atom stereocenters. The number of urea groups is 1. The van der Waals surface area contributed by atoms with Crippen molar-refractivity contribution >= 4 is 34.2 Å². The zero-order valence-electron chi connectivity index (χ0n) is 9.31. The van der Waals surface area contributed by atoms with Crippen LogP contribution in [0.3, 0.4) is 0 Å². The molecule has 17 heavy (non-hydrogen) atoms. The molecule has 0 fully saturated rings. The number of carboxylic acids is 1. The standard InChI is InChI=1S/C10H10N2O4S/c1-4-5(3-6(13)14)7-8(17-4)11-10(16)12(2)9(7)15/h3H2,1-2H3,(H,11,16)(H,13,14)/p+1. The fraction of sp³-hybridized carbons (Fsp3) is 0.300. The topological polar surface area (TPSA) is 91.3 Å². The fourth-order valence-electron chi connectivity index (χ4n) is 1.78. The average Bonchev–Trinajstić information content (AvgIpc) is 2.51. The number of hydrogen-bond donors (Lipinski definition) is 2. The van der Waals surface area contributed by atoms with E-state index in [1.54, 1.807) is 6.92 Å². The minimum Gasteiger partial charge on any atom is -0.481 e. The van der Waals surface area contributed by atoms with Gasteiger partial charge in [-0.2, -0.15) is 0 Å². The van der Waals surface area contributed by atoms with Crippen molar-refractivity contribution in [2.24, 2.45) is 0 Å². The number of fused-ring (bicyclic) bond motifs is 1. The van der Waals surface area contributed by atoms with E-state index in [0.29, 0.717) is 16.1 Å². The molecule has 0 saturated carbocycles. The van der Waals surface area contributed by atoms with E-state index < -0.39 is 11.9 Å². The molecule has 0 radical (unpaired) electrons. The van der Waals surface area contributed by atoms with Gasteiger partial charge in [0.25, 0.3) is 5.91 Å². The van der Waals surface area contributed by atoms with E-state index in [0.717, 1.165) is 9.78 Å². The molecule has 0 unspecified atom stereocenters. The van der Waals surface area contributed by atoms with E-state index in [-0.39, 0.29) is 12.5 Å². The van der Waals surface area contributed by atoms with E-state index in [1.165, 1.54) is 23.7 Å². The summed E-state index contributed by atoms with van der Waals surface area (Å²) in [4.78, 5) is 35.9. The van der Waals surface area contributed by atoms with E-state index in [1.807, 2.05) is 0 Å². The number of carbonyl (C=O) groups is 3. The van der Waals surface area contributed by atoms with Gasteiger partial charge in [0, 0.05) is 11.9 Å². The fourth-order valence-corrected chi connectivity index (χ4v) is 2.88. The van der Waals surface area contributed by atoms with Gasteiger partial charge in [-0.1, -0.05) is 11.3 Å². The molecule has 0 saturated heterocycles. The Morgan fingerprint density at radius 2 is 2.12 bits per heavy atom. The van der Waals surface area contributed by atoms with Crippen LogP contribution in [0, 0.1) is 6.92 Å². The number of rotatable bonds is 2. The summed E-state index contributed by atoms with van der Waals surface area (Å²) in [6.45, 7) is 1.76. The summed E-state index contributed by atoms with van der Waals surface area (Å²) in [5.41, 5.74) is 0.870. The molecule has 6 nitrogen and oxygen atoms in total. The van der Waals surface area contributed by atoms with Gasteiger partial charge >= 0.3 is 12.0 Å². The molecule has 0 aromatic carbocycles. The van der Waals surface area contributed by atoms with Crippen LogP contribution in [0.25, 0.3) is 0 Å². The largest absolute Gasteiger partial charge is 0.481 e. The van der Waals surface area contributed by atoms with Crippen molar-refractivity contribution in [3.63, 3.8) is 0 Å². The van der Waals surface area contributed by atoms with Gasteiger partial charge in [-0.15, -0.1) is 0 Å². The second-order valence-electron chi connectivity index (χ2n) is 3.79. The van der Waals surface area contributed by atoms with E-state index in [9.17, 15) is 14.4 Å². The predicted octanol–water partition coefficient (Wildman–Crippen LogP) is 0.0841. The molecule has 1 aromatic heterocycles. The number of nitrogens with two attached hydrogens (primary N) is 1. The highest BCUT2D eigenvalue weighted by Gasteiger charge is 2.37. The first-order chi connectivity index (χ1) is 7.91. The molecule has 3 N–H and O–H groups in total. The number of carboxylic acid groups (broad SMARTS) is 1. The number of imide groups is 1. The number of nitrogens with zero attached hydrogens (tertiary/aromatic N) is 1. The van der Waals surface area contributed by atoms with Gasteiger partial charge in [0.1, 0.15) is 5.56 Å². The first kappa shape index (κ1) is 11.7. The SMILES string of the molecule is Cc1sc2c(c1CC(=O)O)C(=O)N(C)C(=O)[NH2+]2. The lowest BCUT2D eigenvalue weighted by atomic mass is 10.1. The number of hydrogen-bond acceptors (Lipinski definition) is 4. The first-order valence-electron chi connectivity index (χ1n) is 4.92. The second-order valence-corrected chi connectivity index (χ2v) is 5.05. The molecular formula is C10H11N2O4S+. The minimum absolute atomic E-state index is 0.195. The third-order valence-corrected chi connectivity index (χ3v) is 3.76. The Balaban J connectivity index is 2.55. The number of aliphatic carboxylic acids is 1. The third-order valence-electron chi connectivity index (χ3n) is 2.67. The van der Waals surface area contributed by atoms with Gasteiger partial charge in [0.05, 0.1) is 6.42 Å². The van der Waals surface area contributed by atoms with Gasteiger partial charge in [0.15, 0.2) is 0 Å². The van der Waals surface area contributed by atoms with Crippen molar-refractivity contribution in [3.8, 4) is 0 Å². The lowest BCUT2D eigenvalue weighted by molar-refractivity contribution is -0.468.